The predicted octanol–water partition coefficient (Wildman–Crippen LogP) is 3.45. The maximum absolute atomic E-state index is 12.5. The fourth-order valence-electron chi connectivity index (χ4n) is 2.40. The molecule has 3 aromatic rings. The van der Waals surface area contributed by atoms with E-state index in [2.05, 4.69) is 4.98 Å². The van der Waals surface area contributed by atoms with Gasteiger partial charge in [0.2, 0.25) is 5.78 Å². The minimum atomic E-state index is -0.464. The third kappa shape index (κ3) is 2.87. The molecule has 0 atom stereocenters. The molecule has 0 N–H and O–H groups in total. The lowest BCUT2D eigenvalue weighted by Gasteiger charge is -1.98. The molecule has 6 heteroatoms. The molecule has 6 nitrogen and oxygen atoms in total. The number of hydrogen-bond acceptors (Lipinski definition) is 4. The van der Waals surface area contributed by atoms with Crippen molar-refractivity contribution in [2.45, 2.75) is 6.92 Å². The van der Waals surface area contributed by atoms with Crippen LogP contribution in [0.2, 0.25) is 0 Å². The third-order valence-corrected chi connectivity index (χ3v) is 3.45. The van der Waals surface area contributed by atoms with Crippen LogP contribution in [0.5, 0.6) is 0 Å². The van der Waals surface area contributed by atoms with E-state index in [4.69, 9.17) is 0 Å². The Labute approximate surface area is 131 Å². The Morgan fingerprint density at radius 2 is 2.09 bits per heavy atom. The maximum atomic E-state index is 12.5. The lowest BCUT2D eigenvalue weighted by atomic mass is 10.1. The summed E-state index contributed by atoms with van der Waals surface area (Å²) in [7, 11) is 0. The summed E-state index contributed by atoms with van der Waals surface area (Å²) in [6.07, 6.45) is 4.75. The number of hydrogen-bond donors (Lipinski definition) is 0. The number of aromatic nitrogens is 2. The molecule has 2 heterocycles. The summed E-state index contributed by atoms with van der Waals surface area (Å²) in [5, 5.41) is 10.8. The van der Waals surface area contributed by atoms with Crippen molar-refractivity contribution in [3.63, 3.8) is 0 Å². The summed E-state index contributed by atoms with van der Waals surface area (Å²) >= 11 is 0. The molecule has 0 bridgehead atoms. The molecule has 23 heavy (non-hydrogen) atoms. The van der Waals surface area contributed by atoms with Gasteiger partial charge in [-0.2, -0.15) is 0 Å². The molecular formula is C17H13N3O3. The van der Waals surface area contributed by atoms with Crippen LogP contribution in [0.15, 0.2) is 54.7 Å². The van der Waals surface area contributed by atoms with Gasteiger partial charge in [0.25, 0.3) is 5.69 Å². The van der Waals surface area contributed by atoms with Crippen LogP contribution in [0.25, 0.3) is 11.7 Å². The van der Waals surface area contributed by atoms with E-state index in [0.717, 1.165) is 0 Å². The quantitative estimate of drug-likeness (QED) is 0.320. The zero-order valence-corrected chi connectivity index (χ0v) is 12.3. The van der Waals surface area contributed by atoms with Crippen molar-refractivity contribution in [2.24, 2.45) is 0 Å². The van der Waals surface area contributed by atoms with E-state index in [1.165, 1.54) is 18.2 Å². The molecule has 0 saturated carbocycles. The Kier molecular flexibility index (Phi) is 3.72. The molecule has 2 aromatic heterocycles. The number of carbonyl (C=O) groups excluding carboxylic acids is 1. The largest absolute Gasteiger partial charge is 0.297 e. The average Bonchev–Trinajstić information content (AvgIpc) is 2.88. The summed E-state index contributed by atoms with van der Waals surface area (Å²) in [4.78, 5) is 27.1. The Bertz CT molecular complexity index is 941. The van der Waals surface area contributed by atoms with Crippen molar-refractivity contribution in [2.75, 3.05) is 0 Å². The highest BCUT2D eigenvalue weighted by molar-refractivity contribution is 6.07. The van der Waals surface area contributed by atoms with E-state index in [0.29, 0.717) is 22.6 Å². The molecule has 0 aliphatic carbocycles. The second-order valence-corrected chi connectivity index (χ2v) is 5.02. The number of nitrogens with zero attached hydrogens (tertiary/aromatic N) is 3. The van der Waals surface area contributed by atoms with Gasteiger partial charge in [0.15, 0.2) is 0 Å². The number of rotatable bonds is 4. The highest BCUT2D eigenvalue weighted by atomic mass is 16.6. The van der Waals surface area contributed by atoms with Gasteiger partial charge in [0.1, 0.15) is 11.3 Å². The molecule has 1 aromatic carbocycles. The number of non-ortho nitro benzene ring substituents is 1. The summed E-state index contributed by atoms with van der Waals surface area (Å²) in [6.45, 7) is 1.78. The fourth-order valence-corrected chi connectivity index (χ4v) is 2.40. The second-order valence-electron chi connectivity index (χ2n) is 5.02. The number of pyridine rings is 1. The molecule has 3 rings (SSSR count). The Morgan fingerprint density at radius 3 is 2.87 bits per heavy atom. The van der Waals surface area contributed by atoms with Crippen molar-refractivity contribution < 1.29 is 9.72 Å². The van der Waals surface area contributed by atoms with Gasteiger partial charge in [-0.25, -0.2) is 4.98 Å². The SMILES string of the molecule is Cc1nc2ccccn2c1C(=O)/C=C/c1cccc([N+](=O)[O-])c1. The number of nitro benzene ring substituents is 1. The van der Waals surface area contributed by atoms with E-state index in [1.54, 1.807) is 35.7 Å². The number of allylic oxidation sites excluding steroid dienone is 1. The van der Waals surface area contributed by atoms with E-state index in [1.807, 2.05) is 18.2 Å². The van der Waals surface area contributed by atoms with Crippen molar-refractivity contribution >= 4 is 23.2 Å². The Morgan fingerprint density at radius 1 is 1.26 bits per heavy atom. The van der Waals surface area contributed by atoms with E-state index in [9.17, 15) is 14.9 Å². The van der Waals surface area contributed by atoms with Crippen molar-refractivity contribution in [3.8, 4) is 0 Å². The lowest BCUT2D eigenvalue weighted by Crippen LogP contribution is -2.01. The summed E-state index contributed by atoms with van der Waals surface area (Å²) < 4.78 is 1.73. The normalized spacial score (nSPS) is 11.2. The first-order valence-electron chi connectivity index (χ1n) is 6.97. The van der Waals surface area contributed by atoms with Crippen LogP contribution < -0.4 is 0 Å². The predicted molar refractivity (Wildman–Crippen MR) is 86.4 cm³/mol. The topological polar surface area (TPSA) is 77.5 Å². The van der Waals surface area contributed by atoms with Gasteiger partial charge in [0, 0.05) is 18.3 Å². The number of carbonyl (C=O) groups is 1. The van der Waals surface area contributed by atoms with Crippen LogP contribution in [0, 0.1) is 17.0 Å². The lowest BCUT2D eigenvalue weighted by molar-refractivity contribution is -0.384. The highest BCUT2D eigenvalue weighted by Crippen LogP contribution is 2.16. The van der Waals surface area contributed by atoms with Gasteiger partial charge in [-0.05, 0) is 30.7 Å². The number of aryl methyl sites for hydroxylation is 1. The molecule has 0 aliphatic heterocycles. The van der Waals surface area contributed by atoms with E-state index in [-0.39, 0.29) is 11.5 Å². The van der Waals surface area contributed by atoms with Gasteiger partial charge in [0.05, 0.1) is 10.6 Å². The van der Waals surface area contributed by atoms with Gasteiger partial charge < -0.3 is 0 Å². The molecular weight excluding hydrogens is 294 g/mol. The summed E-state index contributed by atoms with van der Waals surface area (Å²) in [5.74, 6) is -0.201. The van der Waals surface area contributed by atoms with Gasteiger partial charge >= 0.3 is 0 Å². The van der Waals surface area contributed by atoms with Crippen molar-refractivity contribution in [3.05, 3.63) is 81.8 Å². The van der Waals surface area contributed by atoms with Crippen LogP contribution in [0.3, 0.4) is 0 Å². The minimum absolute atomic E-state index is 0.00872. The third-order valence-electron chi connectivity index (χ3n) is 3.45. The second kappa shape index (κ2) is 5.84. The number of benzene rings is 1. The zero-order valence-electron chi connectivity index (χ0n) is 12.3. The van der Waals surface area contributed by atoms with Crippen LogP contribution in [-0.2, 0) is 0 Å². The average molecular weight is 307 g/mol. The summed E-state index contributed by atoms with van der Waals surface area (Å²) in [6, 6.07) is 11.6. The van der Waals surface area contributed by atoms with Gasteiger partial charge in [-0.1, -0.05) is 24.3 Å². The van der Waals surface area contributed by atoms with Crippen LogP contribution in [-0.4, -0.2) is 20.1 Å². The van der Waals surface area contributed by atoms with Gasteiger partial charge in [-0.15, -0.1) is 0 Å². The van der Waals surface area contributed by atoms with E-state index >= 15 is 0 Å². The number of nitro groups is 1. The first-order valence-corrected chi connectivity index (χ1v) is 6.97. The number of imidazole rings is 1. The Hall–Kier alpha value is -3.28. The van der Waals surface area contributed by atoms with Crippen molar-refractivity contribution in [1.29, 1.82) is 0 Å². The molecule has 0 unspecified atom stereocenters. The fraction of sp³-hybridized carbons (Fsp3) is 0.0588. The van der Waals surface area contributed by atoms with E-state index < -0.39 is 4.92 Å². The standard InChI is InChI=1S/C17H13N3O3/c1-12-17(19-10-3-2-7-16(19)18-12)15(21)9-8-13-5-4-6-14(11-13)20(22)23/h2-11H,1H3/b9-8+. The maximum Gasteiger partial charge on any atom is 0.270 e. The first-order chi connectivity index (χ1) is 11.1. The monoisotopic (exact) mass is 307 g/mol. The minimum Gasteiger partial charge on any atom is -0.297 e. The van der Waals surface area contributed by atoms with Crippen molar-refractivity contribution in [1.82, 2.24) is 9.38 Å². The zero-order chi connectivity index (χ0) is 16.4. The molecule has 0 spiro atoms. The smallest absolute Gasteiger partial charge is 0.270 e. The highest BCUT2D eigenvalue weighted by Gasteiger charge is 2.13. The molecule has 0 amide bonds. The molecule has 0 radical (unpaired) electrons. The molecule has 0 fully saturated rings. The molecule has 0 saturated heterocycles. The first kappa shape index (κ1) is 14.6. The van der Waals surface area contributed by atoms with Crippen LogP contribution >= 0.6 is 0 Å². The Balaban J connectivity index is 1.93. The molecule has 114 valence electrons. The number of ketones is 1. The van der Waals surface area contributed by atoms with Crippen LogP contribution in [0.4, 0.5) is 5.69 Å². The number of fused-ring (bicyclic) bond motifs is 1. The van der Waals surface area contributed by atoms with Gasteiger partial charge in [-0.3, -0.25) is 19.3 Å². The summed E-state index contributed by atoms with van der Waals surface area (Å²) in [5.41, 5.74) is 2.42. The molecule has 0 aliphatic rings. The van der Waals surface area contributed by atoms with Crippen LogP contribution in [0.1, 0.15) is 21.7 Å².